The number of rotatable bonds is 6. The number of carbonyl (C=O) groups is 1. The number of nitrogens with one attached hydrogen (secondary N) is 1. The molecule has 0 saturated carbocycles. The summed E-state index contributed by atoms with van der Waals surface area (Å²) in [7, 11) is 2.95. The van der Waals surface area contributed by atoms with Gasteiger partial charge in [-0.3, -0.25) is 0 Å². The Morgan fingerprint density at radius 2 is 2.05 bits per heavy atom. The molecule has 5 nitrogen and oxygen atoms in total. The number of hydrogen-bond acceptors (Lipinski definition) is 5. The van der Waals surface area contributed by atoms with Crippen LogP contribution in [0.25, 0.3) is 0 Å². The summed E-state index contributed by atoms with van der Waals surface area (Å²) in [5.41, 5.74) is 6.97. The van der Waals surface area contributed by atoms with E-state index in [1.807, 2.05) is 0 Å². The average molecular weight is 301 g/mol. The minimum absolute atomic E-state index is 0.0181. The largest absolute Gasteiger partial charge is 0.465 e. The zero-order valence-electron chi connectivity index (χ0n) is 12.2. The molecular formula is C14H21ClN2O3. The van der Waals surface area contributed by atoms with Gasteiger partial charge < -0.3 is 20.5 Å². The standard InChI is InChI=1S/C14H21ClN2O3/c1-8(2)12(7-19-3)17-13-10(14(18)20-4)5-9(16)6-11(13)15/h5-6,8,12,17H,7,16H2,1-4H3. The summed E-state index contributed by atoms with van der Waals surface area (Å²) < 4.78 is 9.95. The topological polar surface area (TPSA) is 73.6 Å². The summed E-state index contributed by atoms with van der Waals surface area (Å²) in [6.45, 7) is 4.61. The first kappa shape index (κ1) is 16.6. The monoisotopic (exact) mass is 300 g/mol. The van der Waals surface area contributed by atoms with E-state index in [2.05, 4.69) is 19.2 Å². The third-order valence-corrected chi connectivity index (χ3v) is 3.30. The Bertz CT molecular complexity index is 478. The van der Waals surface area contributed by atoms with Gasteiger partial charge in [0.1, 0.15) is 0 Å². The zero-order valence-corrected chi connectivity index (χ0v) is 13.0. The Hall–Kier alpha value is -1.46. The predicted molar refractivity (Wildman–Crippen MR) is 81.3 cm³/mol. The maximum atomic E-state index is 11.8. The van der Waals surface area contributed by atoms with Gasteiger partial charge in [-0.05, 0) is 18.1 Å². The van der Waals surface area contributed by atoms with Crippen molar-refractivity contribution in [3.63, 3.8) is 0 Å². The van der Waals surface area contributed by atoms with Gasteiger partial charge in [-0.1, -0.05) is 25.4 Å². The highest BCUT2D eigenvalue weighted by Gasteiger charge is 2.21. The van der Waals surface area contributed by atoms with Crippen LogP contribution in [-0.2, 0) is 9.47 Å². The van der Waals surface area contributed by atoms with E-state index in [9.17, 15) is 4.79 Å². The first-order chi connectivity index (χ1) is 9.40. The summed E-state index contributed by atoms with van der Waals surface area (Å²) in [5, 5.41) is 3.63. The molecule has 0 heterocycles. The molecule has 1 atom stereocenters. The van der Waals surface area contributed by atoms with Gasteiger partial charge >= 0.3 is 5.97 Å². The summed E-state index contributed by atoms with van der Waals surface area (Å²) >= 11 is 6.19. The molecule has 20 heavy (non-hydrogen) atoms. The van der Waals surface area contributed by atoms with Crippen LogP contribution in [0.15, 0.2) is 12.1 Å². The molecule has 1 unspecified atom stereocenters. The van der Waals surface area contributed by atoms with Crippen LogP contribution < -0.4 is 11.1 Å². The Morgan fingerprint density at radius 3 is 2.55 bits per heavy atom. The minimum atomic E-state index is -0.485. The van der Waals surface area contributed by atoms with Crippen molar-refractivity contribution in [3.05, 3.63) is 22.7 Å². The van der Waals surface area contributed by atoms with Crippen LogP contribution in [0, 0.1) is 5.92 Å². The fourth-order valence-electron chi connectivity index (χ4n) is 1.81. The second-order valence-corrected chi connectivity index (χ2v) is 5.27. The number of carbonyl (C=O) groups excluding carboxylic acids is 1. The van der Waals surface area contributed by atoms with Gasteiger partial charge in [-0.25, -0.2) is 4.79 Å². The highest BCUT2D eigenvalue weighted by Crippen LogP contribution is 2.31. The first-order valence-electron chi connectivity index (χ1n) is 6.33. The number of ether oxygens (including phenoxy) is 2. The van der Waals surface area contributed by atoms with Crippen LogP contribution in [0.1, 0.15) is 24.2 Å². The van der Waals surface area contributed by atoms with E-state index in [1.165, 1.54) is 7.11 Å². The molecule has 0 aliphatic heterocycles. The van der Waals surface area contributed by atoms with Gasteiger partial charge in [0.2, 0.25) is 0 Å². The minimum Gasteiger partial charge on any atom is -0.465 e. The molecule has 112 valence electrons. The van der Waals surface area contributed by atoms with Gasteiger partial charge in [0, 0.05) is 12.8 Å². The van der Waals surface area contributed by atoms with Crippen molar-refractivity contribution >= 4 is 28.9 Å². The molecule has 1 rings (SSSR count). The SMILES string of the molecule is COCC(Nc1c(Cl)cc(N)cc1C(=O)OC)C(C)C. The summed E-state index contributed by atoms with van der Waals surface area (Å²) in [4.78, 5) is 11.8. The lowest BCUT2D eigenvalue weighted by Gasteiger charge is -2.24. The Kier molecular flexibility index (Phi) is 6.10. The van der Waals surface area contributed by atoms with E-state index in [0.717, 1.165) is 0 Å². The third-order valence-electron chi connectivity index (χ3n) is 3.00. The molecule has 0 saturated heterocycles. The van der Waals surface area contributed by atoms with Crippen molar-refractivity contribution < 1.29 is 14.3 Å². The number of esters is 1. The summed E-state index contributed by atoms with van der Waals surface area (Å²) in [5.74, 6) is -0.185. The molecule has 0 amide bonds. The summed E-state index contributed by atoms with van der Waals surface area (Å²) in [6.07, 6.45) is 0. The van der Waals surface area contributed by atoms with E-state index >= 15 is 0 Å². The molecule has 0 aliphatic carbocycles. The van der Waals surface area contributed by atoms with Crippen LogP contribution in [0.3, 0.4) is 0 Å². The maximum Gasteiger partial charge on any atom is 0.340 e. The van der Waals surface area contributed by atoms with E-state index < -0.39 is 5.97 Å². The lowest BCUT2D eigenvalue weighted by Crippen LogP contribution is -2.31. The number of nitrogens with two attached hydrogens (primary N) is 1. The molecule has 1 aromatic rings. The van der Waals surface area contributed by atoms with E-state index in [4.69, 9.17) is 26.8 Å². The highest BCUT2D eigenvalue weighted by atomic mass is 35.5. The molecule has 1 aromatic carbocycles. The van der Waals surface area contributed by atoms with Gasteiger partial charge in [-0.15, -0.1) is 0 Å². The number of nitrogen functional groups attached to an aromatic ring is 1. The van der Waals surface area contributed by atoms with Gasteiger partial charge in [-0.2, -0.15) is 0 Å². The molecule has 0 radical (unpaired) electrons. The quantitative estimate of drug-likeness (QED) is 0.624. The van der Waals surface area contributed by atoms with Crippen LogP contribution in [0.2, 0.25) is 5.02 Å². The van der Waals surface area contributed by atoms with Crippen LogP contribution in [0.5, 0.6) is 0 Å². The van der Waals surface area contributed by atoms with Crippen molar-refractivity contribution in [2.45, 2.75) is 19.9 Å². The molecule has 0 aromatic heterocycles. The molecule has 3 N–H and O–H groups in total. The molecule has 6 heteroatoms. The molecule has 0 spiro atoms. The summed E-state index contributed by atoms with van der Waals surface area (Å²) in [6, 6.07) is 3.16. The first-order valence-corrected chi connectivity index (χ1v) is 6.71. The van der Waals surface area contributed by atoms with Crippen molar-refractivity contribution in [2.24, 2.45) is 5.92 Å². The second kappa shape index (κ2) is 7.36. The van der Waals surface area contributed by atoms with Crippen LogP contribution in [0.4, 0.5) is 11.4 Å². The number of methoxy groups -OCH3 is 2. The lowest BCUT2D eigenvalue weighted by molar-refractivity contribution is 0.0601. The Labute approximate surface area is 124 Å². The molecular weight excluding hydrogens is 280 g/mol. The van der Waals surface area contributed by atoms with E-state index in [0.29, 0.717) is 34.5 Å². The third kappa shape index (κ3) is 4.02. The molecule has 0 fully saturated rings. The van der Waals surface area contributed by atoms with Crippen LogP contribution in [-0.4, -0.2) is 32.8 Å². The Morgan fingerprint density at radius 1 is 1.40 bits per heavy atom. The zero-order chi connectivity index (χ0) is 15.3. The van der Waals surface area contributed by atoms with Crippen LogP contribution >= 0.6 is 11.6 Å². The highest BCUT2D eigenvalue weighted by molar-refractivity contribution is 6.34. The van der Waals surface area contributed by atoms with Gasteiger partial charge in [0.15, 0.2) is 0 Å². The van der Waals surface area contributed by atoms with Gasteiger partial charge in [0.25, 0.3) is 0 Å². The number of anilines is 2. The van der Waals surface area contributed by atoms with E-state index in [-0.39, 0.29) is 6.04 Å². The number of benzene rings is 1. The van der Waals surface area contributed by atoms with Crippen molar-refractivity contribution in [2.75, 3.05) is 31.9 Å². The predicted octanol–water partition coefficient (Wildman–Crippen LogP) is 2.79. The number of hydrogen-bond donors (Lipinski definition) is 2. The average Bonchev–Trinajstić information content (AvgIpc) is 2.39. The van der Waals surface area contributed by atoms with Crippen molar-refractivity contribution in [1.82, 2.24) is 0 Å². The number of halogens is 1. The van der Waals surface area contributed by atoms with Crippen molar-refractivity contribution in [1.29, 1.82) is 0 Å². The lowest BCUT2D eigenvalue weighted by atomic mass is 10.0. The fraction of sp³-hybridized carbons (Fsp3) is 0.500. The van der Waals surface area contributed by atoms with Gasteiger partial charge in [0.05, 0.1) is 36.0 Å². The normalized spacial score (nSPS) is 12.3. The fourth-order valence-corrected chi connectivity index (χ4v) is 2.09. The maximum absolute atomic E-state index is 11.8. The Balaban J connectivity index is 3.18. The van der Waals surface area contributed by atoms with E-state index in [1.54, 1.807) is 19.2 Å². The molecule has 0 aliphatic rings. The molecule has 0 bridgehead atoms. The second-order valence-electron chi connectivity index (χ2n) is 4.87. The van der Waals surface area contributed by atoms with Crippen molar-refractivity contribution in [3.8, 4) is 0 Å². The smallest absolute Gasteiger partial charge is 0.340 e.